The van der Waals surface area contributed by atoms with Crippen LogP contribution in [0.1, 0.15) is 62.9 Å². The van der Waals surface area contributed by atoms with Gasteiger partial charge in [-0.3, -0.25) is 9.59 Å². The molecular weight excluding hydrogens is 334 g/mol. The third-order valence-electron chi connectivity index (χ3n) is 4.55. The van der Waals surface area contributed by atoms with Crippen molar-refractivity contribution >= 4 is 23.3 Å². The van der Waals surface area contributed by atoms with Crippen LogP contribution in [0.15, 0.2) is 28.7 Å². The summed E-state index contributed by atoms with van der Waals surface area (Å²) >= 11 is 0. The standard InChI is InChI=1S/C20H21NO5/c1-11-16-14(22)9-20(2,3)10-15(16)26-17(11)18(23)21-13-7-5-12(6-8-13)19(24)25-4/h5-8H,9-10H2,1-4H3,(H,21,23). The first-order valence-electron chi connectivity index (χ1n) is 8.37. The van der Waals surface area contributed by atoms with Crippen LogP contribution in [0.3, 0.4) is 0 Å². The maximum Gasteiger partial charge on any atom is 0.337 e. The number of anilines is 1. The molecule has 1 N–H and O–H groups in total. The number of hydrogen-bond acceptors (Lipinski definition) is 5. The van der Waals surface area contributed by atoms with E-state index in [1.54, 1.807) is 31.2 Å². The minimum Gasteiger partial charge on any atom is -0.465 e. The van der Waals surface area contributed by atoms with Gasteiger partial charge in [-0.1, -0.05) is 13.8 Å². The van der Waals surface area contributed by atoms with Crippen LogP contribution in [0.4, 0.5) is 5.69 Å². The van der Waals surface area contributed by atoms with Gasteiger partial charge in [-0.2, -0.15) is 0 Å². The predicted molar refractivity (Wildman–Crippen MR) is 95.6 cm³/mol. The van der Waals surface area contributed by atoms with E-state index in [-0.39, 0.29) is 17.0 Å². The molecule has 0 saturated heterocycles. The highest BCUT2D eigenvalue weighted by molar-refractivity contribution is 6.07. The van der Waals surface area contributed by atoms with Crippen molar-refractivity contribution in [1.29, 1.82) is 0 Å². The van der Waals surface area contributed by atoms with Crippen molar-refractivity contribution in [3.05, 3.63) is 52.5 Å². The first-order chi connectivity index (χ1) is 12.2. The number of benzene rings is 1. The molecule has 136 valence electrons. The number of amides is 1. The quantitative estimate of drug-likeness (QED) is 0.847. The molecule has 1 aliphatic rings. The molecule has 0 aliphatic heterocycles. The minimum absolute atomic E-state index is 0.0129. The van der Waals surface area contributed by atoms with Crippen molar-refractivity contribution in [2.75, 3.05) is 12.4 Å². The van der Waals surface area contributed by atoms with Gasteiger partial charge in [-0.25, -0.2) is 4.79 Å². The van der Waals surface area contributed by atoms with Gasteiger partial charge in [0.25, 0.3) is 5.91 Å². The van der Waals surface area contributed by atoms with Crippen LogP contribution in [0.25, 0.3) is 0 Å². The Morgan fingerprint density at radius 2 is 1.81 bits per heavy atom. The maximum atomic E-state index is 12.6. The molecule has 0 saturated carbocycles. The van der Waals surface area contributed by atoms with Crippen LogP contribution in [-0.4, -0.2) is 24.8 Å². The molecule has 1 amide bonds. The van der Waals surface area contributed by atoms with Crippen LogP contribution >= 0.6 is 0 Å². The number of carbonyl (C=O) groups is 3. The summed E-state index contributed by atoms with van der Waals surface area (Å²) in [5.41, 5.74) is 1.84. The Morgan fingerprint density at radius 3 is 2.42 bits per heavy atom. The summed E-state index contributed by atoms with van der Waals surface area (Å²) in [5, 5.41) is 2.73. The molecule has 3 rings (SSSR count). The van der Waals surface area contributed by atoms with E-state index in [1.165, 1.54) is 7.11 Å². The Bertz CT molecular complexity index is 890. The lowest BCUT2D eigenvalue weighted by Crippen LogP contribution is -2.26. The van der Waals surface area contributed by atoms with Crippen molar-refractivity contribution in [2.45, 2.75) is 33.6 Å². The predicted octanol–water partition coefficient (Wildman–Crippen LogP) is 3.78. The number of hydrogen-bond donors (Lipinski definition) is 1. The second kappa shape index (κ2) is 6.44. The number of Topliss-reactive ketones (excluding diaryl/α,β-unsaturated/α-hetero) is 1. The third-order valence-corrected chi connectivity index (χ3v) is 4.55. The molecule has 0 atom stereocenters. The van der Waals surface area contributed by atoms with Gasteiger partial charge in [-0.05, 0) is 36.6 Å². The third kappa shape index (κ3) is 3.27. The van der Waals surface area contributed by atoms with Crippen molar-refractivity contribution in [1.82, 2.24) is 0 Å². The summed E-state index contributed by atoms with van der Waals surface area (Å²) in [7, 11) is 1.31. The Labute approximate surface area is 151 Å². The molecule has 1 aromatic carbocycles. The Hall–Kier alpha value is -2.89. The summed E-state index contributed by atoms with van der Waals surface area (Å²) < 4.78 is 10.4. The van der Waals surface area contributed by atoms with Crippen LogP contribution in [0.2, 0.25) is 0 Å². The zero-order chi connectivity index (χ0) is 19.1. The monoisotopic (exact) mass is 355 g/mol. The number of ether oxygens (including phenoxy) is 1. The largest absolute Gasteiger partial charge is 0.465 e. The number of esters is 1. The molecule has 0 radical (unpaired) electrons. The summed E-state index contributed by atoms with van der Waals surface area (Å²) in [6.07, 6.45) is 1.06. The number of nitrogens with one attached hydrogen (secondary N) is 1. The van der Waals surface area contributed by atoms with E-state index in [1.807, 2.05) is 13.8 Å². The van der Waals surface area contributed by atoms with E-state index >= 15 is 0 Å². The van der Waals surface area contributed by atoms with Gasteiger partial charge in [0.1, 0.15) is 5.76 Å². The molecule has 6 nitrogen and oxygen atoms in total. The maximum absolute atomic E-state index is 12.6. The van der Waals surface area contributed by atoms with Gasteiger partial charge in [0.2, 0.25) is 0 Å². The fourth-order valence-corrected chi connectivity index (χ4v) is 3.29. The van der Waals surface area contributed by atoms with Gasteiger partial charge in [0.05, 0.1) is 18.2 Å². The fourth-order valence-electron chi connectivity index (χ4n) is 3.29. The number of fused-ring (bicyclic) bond motifs is 1. The highest BCUT2D eigenvalue weighted by Crippen LogP contribution is 2.38. The molecule has 6 heteroatoms. The Kier molecular flexibility index (Phi) is 4.44. The van der Waals surface area contributed by atoms with Crippen LogP contribution in [0.5, 0.6) is 0 Å². The molecule has 2 aromatic rings. The molecule has 1 aliphatic carbocycles. The molecule has 0 spiro atoms. The van der Waals surface area contributed by atoms with E-state index < -0.39 is 11.9 Å². The number of rotatable bonds is 3. The number of carbonyl (C=O) groups excluding carboxylic acids is 3. The van der Waals surface area contributed by atoms with E-state index in [4.69, 9.17) is 4.42 Å². The Morgan fingerprint density at radius 1 is 1.15 bits per heavy atom. The average molecular weight is 355 g/mol. The summed E-state index contributed by atoms with van der Waals surface area (Å²) in [5.74, 6) is -0.126. The van der Waals surface area contributed by atoms with E-state index in [0.29, 0.717) is 41.0 Å². The topological polar surface area (TPSA) is 85.6 Å². The van der Waals surface area contributed by atoms with E-state index in [9.17, 15) is 14.4 Å². The molecule has 1 aromatic heterocycles. The SMILES string of the molecule is COC(=O)c1ccc(NC(=O)c2oc3c(c2C)C(=O)CC(C)(C)C3)cc1. The molecular formula is C20H21NO5. The van der Waals surface area contributed by atoms with Gasteiger partial charge in [0.15, 0.2) is 11.5 Å². The van der Waals surface area contributed by atoms with Crippen molar-refractivity contribution in [3.8, 4) is 0 Å². The van der Waals surface area contributed by atoms with E-state index in [0.717, 1.165) is 0 Å². The average Bonchev–Trinajstić information content (AvgIpc) is 2.90. The first kappa shape index (κ1) is 17.9. The number of ketones is 1. The van der Waals surface area contributed by atoms with Crippen LogP contribution < -0.4 is 5.32 Å². The fraction of sp³-hybridized carbons (Fsp3) is 0.350. The van der Waals surface area contributed by atoms with E-state index in [2.05, 4.69) is 10.1 Å². The van der Waals surface area contributed by atoms with Gasteiger partial charge < -0.3 is 14.5 Å². The highest BCUT2D eigenvalue weighted by Gasteiger charge is 2.37. The second-order valence-electron chi connectivity index (χ2n) is 7.32. The zero-order valence-electron chi connectivity index (χ0n) is 15.3. The highest BCUT2D eigenvalue weighted by atomic mass is 16.5. The summed E-state index contributed by atoms with van der Waals surface area (Å²) in [6, 6.07) is 6.34. The van der Waals surface area contributed by atoms with Crippen molar-refractivity contribution in [2.24, 2.45) is 5.41 Å². The smallest absolute Gasteiger partial charge is 0.337 e. The van der Waals surface area contributed by atoms with Crippen LogP contribution in [-0.2, 0) is 11.2 Å². The normalized spacial score (nSPS) is 15.3. The zero-order valence-corrected chi connectivity index (χ0v) is 15.3. The van der Waals surface area contributed by atoms with Crippen molar-refractivity contribution in [3.63, 3.8) is 0 Å². The molecule has 1 heterocycles. The van der Waals surface area contributed by atoms with Gasteiger partial charge in [0, 0.05) is 24.1 Å². The first-order valence-corrected chi connectivity index (χ1v) is 8.37. The van der Waals surface area contributed by atoms with Crippen molar-refractivity contribution < 1.29 is 23.5 Å². The number of methoxy groups -OCH3 is 1. The lowest BCUT2D eigenvalue weighted by molar-refractivity contribution is 0.0600. The summed E-state index contributed by atoms with van der Waals surface area (Å²) in [4.78, 5) is 36.5. The Balaban J connectivity index is 1.83. The molecule has 0 unspecified atom stereocenters. The lowest BCUT2D eigenvalue weighted by Gasteiger charge is -2.27. The lowest BCUT2D eigenvalue weighted by atomic mass is 9.76. The van der Waals surface area contributed by atoms with Crippen LogP contribution in [0, 0.1) is 12.3 Å². The molecule has 0 bridgehead atoms. The molecule has 0 fully saturated rings. The second-order valence-corrected chi connectivity index (χ2v) is 7.32. The van der Waals surface area contributed by atoms with Gasteiger partial charge >= 0.3 is 5.97 Å². The van der Waals surface area contributed by atoms with Gasteiger partial charge in [-0.15, -0.1) is 0 Å². The number of furan rings is 1. The summed E-state index contributed by atoms with van der Waals surface area (Å²) in [6.45, 7) is 5.75. The minimum atomic E-state index is -0.446. The molecule has 26 heavy (non-hydrogen) atoms.